The van der Waals surface area contributed by atoms with Crippen LogP contribution in [0.4, 0.5) is 10.1 Å². The molecule has 24 heavy (non-hydrogen) atoms. The molecular formula is C18H16ClFN2O2. The van der Waals surface area contributed by atoms with Crippen LogP contribution in [0.15, 0.2) is 42.5 Å². The molecule has 2 aromatic carbocycles. The molecule has 0 radical (unpaired) electrons. The van der Waals surface area contributed by atoms with Gasteiger partial charge in [0, 0.05) is 17.8 Å². The lowest BCUT2D eigenvalue weighted by Gasteiger charge is -2.29. The largest absolute Gasteiger partial charge is 0.343 e. The molecule has 2 aromatic rings. The molecule has 0 spiro atoms. The summed E-state index contributed by atoms with van der Waals surface area (Å²) in [4.78, 5) is 26.2. The summed E-state index contributed by atoms with van der Waals surface area (Å²) in [5, 5.41) is 2.44. The fourth-order valence-electron chi connectivity index (χ4n) is 2.78. The van der Waals surface area contributed by atoms with Crippen LogP contribution in [0.5, 0.6) is 0 Å². The van der Waals surface area contributed by atoms with E-state index in [4.69, 9.17) is 11.6 Å². The third kappa shape index (κ3) is 3.41. The van der Waals surface area contributed by atoms with Crippen LogP contribution in [0.25, 0.3) is 0 Å². The third-order valence-corrected chi connectivity index (χ3v) is 4.28. The second-order valence-corrected chi connectivity index (χ2v) is 6.00. The van der Waals surface area contributed by atoms with Gasteiger partial charge in [-0.3, -0.25) is 9.59 Å². The van der Waals surface area contributed by atoms with Gasteiger partial charge in [-0.2, -0.15) is 0 Å². The van der Waals surface area contributed by atoms with Gasteiger partial charge in [0.1, 0.15) is 5.82 Å². The lowest BCUT2D eigenvalue weighted by atomic mass is 10.0. The molecule has 0 saturated heterocycles. The van der Waals surface area contributed by atoms with E-state index in [9.17, 15) is 14.0 Å². The van der Waals surface area contributed by atoms with Crippen molar-refractivity contribution in [2.45, 2.75) is 12.8 Å². The van der Waals surface area contributed by atoms with E-state index in [1.165, 1.54) is 12.1 Å². The highest BCUT2D eigenvalue weighted by Crippen LogP contribution is 2.26. The second-order valence-electron chi connectivity index (χ2n) is 5.59. The number of nitrogens with zero attached hydrogens (tertiary/aromatic N) is 1. The Labute approximate surface area is 144 Å². The Hall–Kier alpha value is -2.40. The predicted molar refractivity (Wildman–Crippen MR) is 90.9 cm³/mol. The van der Waals surface area contributed by atoms with Crippen LogP contribution in [0.2, 0.25) is 5.02 Å². The van der Waals surface area contributed by atoms with E-state index in [1.807, 2.05) is 24.3 Å². The number of anilines is 1. The van der Waals surface area contributed by atoms with Gasteiger partial charge in [0.05, 0.1) is 11.6 Å². The Morgan fingerprint density at radius 1 is 1.21 bits per heavy atom. The number of fused-ring (bicyclic) bond motifs is 1. The van der Waals surface area contributed by atoms with Crippen LogP contribution in [-0.2, 0) is 11.2 Å². The summed E-state index contributed by atoms with van der Waals surface area (Å²) in [6.07, 6.45) is 1.84. The second kappa shape index (κ2) is 7.01. The number of hydrogen-bond donors (Lipinski definition) is 1. The maximum absolute atomic E-state index is 13.1. The Bertz CT molecular complexity index is 794. The summed E-state index contributed by atoms with van der Waals surface area (Å²) >= 11 is 5.67. The van der Waals surface area contributed by atoms with Crippen molar-refractivity contribution < 1.29 is 14.0 Å². The molecule has 3 rings (SSSR count). The first-order valence-electron chi connectivity index (χ1n) is 7.68. The van der Waals surface area contributed by atoms with E-state index in [0.717, 1.165) is 30.2 Å². The van der Waals surface area contributed by atoms with Gasteiger partial charge in [0.2, 0.25) is 5.91 Å². The zero-order chi connectivity index (χ0) is 17.1. The van der Waals surface area contributed by atoms with E-state index in [1.54, 1.807) is 4.90 Å². The zero-order valence-corrected chi connectivity index (χ0v) is 13.6. The van der Waals surface area contributed by atoms with Crippen molar-refractivity contribution in [2.75, 3.05) is 18.0 Å². The minimum Gasteiger partial charge on any atom is -0.343 e. The van der Waals surface area contributed by atoms with Crippen molar-refractivity contribution in [1.29, 1.82) is 0 Å². The topological polar surface area (TPSA) is 49.4 Å². The van der Waals surface area contributed by atoms with Crippen molar-refractivity contribution in [3.05, 3.63) is 64.4 Å². The first-order valence-corrected chi connectivity index (χ1v) is 8.05. The summed E-state index contributed by atoms with van der Waals surface area (Å²) in [5.41, 5.74) is 2.25. The van der Waals surface area contributed by atoms with Crippen molar-refractivity contribution in [1.82, 2.24) is 5.32 Å². The lowest BCUT2D eigenvalue weighted by Crippen LogP contribution is -2.42. The highest BCUT2D eigenvalue weighted by atomic mass is 35.5. The standard InChI is InChI=1S/C18H16ClFN2O2/c19-14-10-13(7-8-15(14)20)18(24)21-11-17(23)22-9-3-5-12-4-1-2-6-16(12)22/h1-2,4,6-8,10H,3,5,9,11H2,(H,21,24). The molecule has 1 heterocycles. The fraction of sp³-hybridized carbons (Fsp3) is 0.222. The minimum atomic E-state index is -0.589. The van der Waals surface area contributed by atoms with E-state index in [0.29, 0.717) is 6.54 Å². The molecule has 2 amide bonds. The maximum atomic E-state index is 13.1. The first kappa shape index (κ1) is 16.5. The molecule has 1 aliphatic heterocycles. The van der Waals surface area contributed by atoms with E-state index >= 15 is 0 Å². The number of rotatable bonds is 3. The Morgan fingerprint density at radius 3 is 2.79 bits per heavy atom. The highest BCUT2D eigenvalue weighted by molar-refractivity contribution is 6.31. The van der Waals surface area contributed by atoms with Gasteiger partial charge in [-0.05, 0) is 42.7 Å². The summed E-state index contributed by atoms with van der Waals surface area (Å²) in [7, 11) is 0. The number of hydrogen-bond acceptors (Lipinski definition) is 2. The number of carbonyl (C=O) groups is 2. The van der Waals surface area contributed by atoms with Crippen LogP contribution in [0.1, 0.15) is 22.3 Å². The SMILES string of the molecule is O=C(NCC(=O)N1CCCc2ccccc21)c1ccc(F)c(Cl)c1. The summed E-state index contributed by atoms with van der Waals surface area (Å²) in [6.45, 7) is 0.510. The number of carbonyl (C=O) groups excluding carboxylic acids is 2. The van der Waals surface area contributed by atoms with Crippen LogP contribution < -0.4 is 10.2 Å². The maximum Gasteiger partial charge on any atom is 0.251 e. The molecule has 0 saturated carbocycles. The van der Waals surface area contributed by atoms with Gasteiger partial charge >= 0.3 is 0 Å². The first-order chi connectivity index (χ1) is 11.6. The van der Waals surface area contributed by atoms with Crippen LogP contribution in [0.3, 0.4) is 0 Å². The summed E-state index contributed by atoms with van der Waals surface area (Å²) in [6, 6.07) is 11.5. The van der Waals surface area contributed by atoms with E-state index in [2.05, 4.69) is 5.32 Å². The van der Waals surface area contributed by atoms with Crippen LogP contribution in [-0.4, -0.2) is 24.9 Å². The molecule has 1 aliphatic rings. The molecule has 0 atom stereocenters. The number of halogens is 2. The van der Waals surface area contributed by atoms with Crippen LogP contribution >= 0.6 is 11.6 Å². The number of amides is 2. The van der Waals surface area contributed by atoms with Crippen molar-refractivity contribution in [3.8, 4) is 0 Å². The van der Waals surface area contributed by atoms with Crippen molar-refractivity contribution >= 4 is 29.1 Å². The number of aryl methyl sites for hydroxylation is 1. The predicted octanol–water partition coefficient (Wildman–Crippen LogP) is 3.19. The average molecular weight is 347 g/mol. The number of benzene rings is 2. The molecule has 0 fully saturated rings. The third-order valence-electron chi connectivity index (χ3n) is 3.99. The van der Waals surface area contributed by atoms with Gasteiger partial charge in [-0.15, -0.1) is 0 Å². The zero-order valence-electron chi connectivity index (χ0n) is 12.9. The van der Waals surface area contributed by atoms with Crippen molar-refractivity contribution in [2.24, 2.45) is 0 Å². The Balaban J connectivity index is 1.66. The Kier molecular flexibility index (Phi) is 4.81. The van der Waals surface area contributed by atoms with Gasteiger partial charge in [-0.25, -0.2) is 4.39 Å². The summed E-state index contributed by atoms with van der Waals surface area (Å²) in [5.74, 6) is -1.23. The molecule has 1 N–H and O–H groups in total. The minimum absolute atomic E-state index is 0.123. The molecule has 6 heteroatoms. The van der Waals surface area contributed by atoms with Gasteiger partial charge in [0.15, 0.2) is 0 Å². The normalized spacial score (nSPS) is 13.3. The van der Waals surface area contributed by atoms with E-state index in [-0.39, 0.29) is 23.0 Å². The molecule has 0 unspecified atom stereocenters. The van der Waals surface area contributed by atoms with E-state index < -0.39 is 11.7 Å². The number of para-hydroxylation sites is 1. The Morgan fingerprint density at radius 2 is 2.00 bits per heavy atom. The number of nitrogens with one attached hydrogen (secondary N) is 1. The lowest BCUT2D eigenvalue weighted by molar-refractivity contribution is -0.117. The smallest absolute Gasteiger partial charge is 0.251 e. The van der Waals surface area contributed by atoms with Gasteiger partial charge in [0.25, 0.3) is 5.91 Å². The van der Waals surface area contributed by atoms with Gasteiger partial charge < -0.3 is 10.2 Å². The molecular weight excluding hydrogens is 331 g/mol. The van der Waals surface area contributed by atoms with Gasteiger partial charge in [-0.1, -0.05) is 29.8 Å². The van der Waals surface area contributed by atoms with Crippen molar-refractivity contribution in [3.63, 3.8) is 0 Å². The molecule has 124 valence electrons. The monoisotopic (exact) mass is 346 g/mol. The summed E-state index contributed by atoms with van der Waals surface area (Å²) < 4.78 is 13.1. The average Bonchev–Trinajstić information content (AvgIpc) is 2.61. The highest BCUT2D eigenvalue weighted by Gasteiger charge is 2.22. The fourth-order valence-corrected chi connectivity index (χ4v) is 2.96. The molecule has 4 nitrogen and oxygen atoms in total. The molecule has 0 aromatic heterocycles. The van der Waals surface area contributed by atoms with Crippen LogP contribution in [0, 0.1) is 5.82 Å². The quantitative estimate of drug-likeness (QED) is 0.928. The molecule has 0 bridgehead atoms. The molecule has 0 aliphatic carbocycles.